The van der Waals surface area contributed by atoms with Gasteiger partial charge in [0.1, 0.15) is 12.5 Å². The van der Waals surface area contributed by atoms with Gasteiger partial charge in [0.05, 0.1) is 5.92 Å². The fraction of sp³-hybridized carbons (Fsp3) is 0.423. The molecule has 2 aliphatic carbocycles. The van der Waals surface area contributed by atoms with Crippen LogP contribution in [-0.2, 0) is 14.3 Å². The lowest BCUT2D eigenvalue weighted by Crippen LogP contribution is -2.31. The van der Waals surface area contributed by atoms with E-state index in [1.165, 1.54) is 0 Å². The van der Waals surface area contributed by atoms with E-state index < -0.39 is 35.7 Å². The second kappa shape index (κ2) is 10.0. The molecule has 35 heavy (non-hydrogen) atoms. The third kappa shape index (κ3) is 5.28. The van der Waals surface area contributed by atoms with Crippen LogP contribution in [0.3, 0.4) is 0 Å². The molecule has 0 saturated heterocycles. The highest BCUT2D eigenvalue weighted by atomic mass is 19.3. The van der Waals surface area contributed by atoms with E-state index in [1.807, 2.05) is 48.5 Å². The van der Waals surface area contributed by atoms with E-state index in [4.69, 9.17) is 9.84 Å². The van der Waals surface area contributed by atoms with Crippen LogP contribution in [0, 0.1) is 17.8 Å². The molecule has 3 N–H and O–H groups in total. The molecule has 3 atom stereocenters. The van der Waals surface area contributed by atoms with Gasteiger partial charge in [0, 0.05) is 25.4 Å². The maximum Gasteiger partial charge on any atom is 0.407 e. The van der Waals surface area contributed by atoms with Crippen molar-refractivity contribution in [3.63, 3.8) is 0 Å². The van der Waals surface area contributed by atoms with Gasteiger partial charge in [-0.1, -0.05) is 55.5 Å². The van der Waals surface area contributed by atoms with Crippen LogP contribution in [0.4, 0.5) is 13.6 Å². The van der Waals surface area contributed by atoms with E-state index in [0.29, 0.717) is 6.42 Å². The van der Waals surface area contributed by atoms with E-state index in [1.54, 1.807) is 6.92 Å². The minimum Gasteiger partial charge on any atom is -0.481 e. The summed E-state index contributed by atoms with van der Waals surface area (Å²) in [6, 6.07) is 15.7. The summed E-state index contributed by atoms with van der Waals surface area (Å²) in [5.74, 6) is -8.11. The summed E-state index contributed by atoms with van der Waals surface area (Å²) < 4.78 is 33.7. The first-order chi connectivity index (χ1) is 16.7. The van der Waals surface area contributed by atoms with Gasteiger partial charge in [-0.2, -0.15) is 0 Å². The van der Waals surface area contributed by atoms with Crippen molar-refractivity contribution in [2.75, 3.05) is 19.7 Å². The number of carboxylic acids is 1. The Kier molecular flexibility index (Phi) is 7.05. The standard InChI is InChI=1S/C26H28F2N2O5/c1-15(12-22(31)32)10-11-29-24(33)23-21(26(23,27)28)13-30-25(34)35-14-20-18-8-4-2-6-16(18)17-7-3-5-9-19(17)20/h2-9,15,20-21,23H,10-14H2,1H3,(H,29,33)(H,30,34)(H,31,32). The van der Waals surface area contributed by atoms with Crippen LogP contribution in [0.15, 0.2) is 48.5 Å². The zero-order valence-corrected chi connectivity index (χ0v) is 19.3. The number of carboxylic acid groups (broad SMARTS) is 1. The molecular formula is C26H28F2N2O5. The van der Waals surface area contributed by atoms with Gasteiger partial charge in [0.2, 0.25) is 5.91 Å². The molecular weight excluding hydrogens is 458 g/mol. The second-order valence-electron chi connectivity index (χ2n) is 9.25. The van der Waals surface area contributed by atoms with Crippen molar-refractivity contribution in [1.82, 2.24) is 10.6 Å². The van der Waals surface area contributed by atoms with E-state index in [-0.39, 0.29) is 38.0 Å². The van der Waals surface area contributed by atoms with E-state index in [2.05, 4.69) is 10.6 Å². The van der Waals surface area contributed by atoms with Gasteiger partial charge < -0.3 is 20.5 Å². The van der Waals surface area contributed by atoms with Crippen molar-refractivity contribution >= 4 is 18.0 Å². The van der Waals surface area contributed by atoms with Crippen LogP contribution < -0.4 is 10.6 Å². The highest BCUT2D eigenvalue weighted by molar-refractivity contribution is 5.84. The van der Waals surface area contributed by atoms with Gasteiger partial charge in [0.15, 0.2) is 0 Å². The number of nitrogens with one attached hydrogen (secondary N) is 2. The lowest BCUT2D eigenvalue weighted by molar-refractivity contribution is -0.138. The first kappa shape index (κ1) is 24.6. The number of carbonyl (C=O) groups is 3. The van der Waals surface area contributed by atoms with Crippen LogP contribution in [0.5, 0.6) is 0 Å². The SMILES string of the molecule is CC(CCNC(=O)C1C(CNC(=O)OCC2c3ccccc3-c3ccccc32)C1(F)F)CC(=O)O. The molecule has 0 radical (unpaired) electrons. The normalized spacial score (nSPS) is 20.3. The zero-order valence-electron chi connectivity index (χ0n) is 19.3. The highest BCUT2D eigenvalue weighted by Gasteiger charge is 2.71. The molecule has 186 valence electrons. The maximum atomic E-state index is 14.2. The second-order valence-corrected chi connectivity index (χ2v) is 9.25. The largest absolute Gasteiger partial charge is 0.481 e. The minimum atomic E-state index is -3.21. The van der Waals surface area contributed by atoms with Crippen LogP contribution in [-0.4, -0.2) is 48.7 Å². The minimum absolute atomic E-state index is 0.0534. The van der Waals surface area contributed by atoms with Gasteiger partial charge >= 0.3 is 12.1 Å². The quantitative estimate of drug-likeness (QED) is 0.471. The Bertz CT molecular complexity index is 1080. The number of halogens is 2. The third-order valence-electron chi connectivity index (χ3n) is 6.75. The Hall–Kier alpha value is -3.49. The Morgan fingerprint density at radius 2 is 1.63 bits per heavy atom. The maximum absolute atomic E-state index is 14.2. The van der Waals surface area contributed by atoms with Crippen molar-refractivity contribution in [3.8, 4) is 11.1 Å². The Balaban J connectivity index is 1.24. The van der Waals surface area contributed by atoms with Crippen molar-refractivity contribution in [3.05, 3.63) is 59.7 Å². The monoisotopic (exact) mass is 486 g/mol. The number of amides is 2. The molecule has 0 heterocycles. The first-order valence-corrected chi connectivity index (χ1v) is 11.7. The molecule has 2 amide bonds. The number of benzene rings is 2. The van der Waals surface area contributed by atoms with Crippen molar-refractivity contribution in [1.29, 1.82) is 0 Å². The predicted molar refractivity (Wildman–Crippen MR) is 124 cm³/mol. The summed E-state index contributed by atoms with van der Waals surface area (Å²) in [6.45, 7) is 1.52. The summed E-state index contributed by atoms with van der Waals surface area (Å²) in [7, 11) is 0. The van der Waals surface area contributed by atoms with Crippen molar-refractivity contribution in [2.24, 2.45) is 17.8 Å². The molecule has 0 spiro atoms. The first-order valence-electron chi connectivity index (χ1n) is 11.7. The average molecular weight is 487 g/mol. The molecule has 2 aromatic carbocycles. The van der Waals surface area contributed by atoms with Crippen LogP contribution in [0.1, 0.15) is 36.8 Å². The molecule has 1 fully saturated rings. The van der Waals surface area contributed by atoms with Gasteiger partial charge in [-0.25, -0.2) is 13.6 Å². The smallest absolute Gasteiger partial charge is 0.407 e. The van der Waals surface area contributed by atoms with E-state index >= 15 is 0 Å². The number of carbonyl (C=O) groups excluding carboxylic acids is 2. The molecule has 0 aliphatic heterocycles. The molecule has 0 bridgehead atoms. The molecule has 0 aromatic heterocycles. The van der Waals surface area contributed by atoms with Gasteiger partial charge in [0.25, 0.3) is 5.92 Å². The molecule has 4 rings (SSSR count). The molecule has 1 saturated carbocycles. The topological polar surface area (TPSA) is 105 Å². The number of hydrogen-bond donors (Lipinski definition) is 3. The van der Waals surface area contributed by atoms with Gasteiger partial charge in [-0.15, -0.1) is 0 Å². The predicted octanol–water partition coefficient (Wildman–Crippen LogP) is 4.02. The number of fused-ring (bicyclic) bond motifs is 3. The van der Waals surface area contributed by atoms with Gasteiger partial charge in [-0.3, -0.25) is 9.59 Å². The number of aliphatic carboxylic acids is 1. The van der Waals surface area contributed by atoms with Crippen molar-refractivity contribution in [2.45, 2.75) is 31.6 Å². The summed E-state index contributed by atoms with van der Waals surface area (Å²) >= 11 is 0. The van der Waals surface area contributed by atoms with Crippen molar-refractivity contribution < 1.29 is 33.0 Å². The lowest BCUT2D eigenvalue weighted by Gasteiger charge is -2.14. The Labute approximate surface area is 201 Å². The highest BCUT2D eigenvalue weighted by Crippen LogP contribution is 2.55. The molecule has 2 aliphatic rings. The Morgan fingerprint density at radius 1 is 1.03 bits per heavy atom. The molecule has 7 nitrogen and oxygen atoms in total. The van der Waals surface area contributed by atoms with Crippen LogP contribution >= 0.6 is 0 Å². The van der Waals surface area contributed by atoms with Crippen LogP contribution in [0.25, 0.3) is 11.1 Å². The number of rotatable bonds is 10. The fourth-order valence-electron chi connectivity index (χ4n) is 4.80. The molecule has 9 heteroatoms. The number of hydrogen-bond acceptors (Lipinski definition) is 4. The van der Waals surface area contributed by atoms with Gasteiger partial charge in [-0.05, 0) is 34.6 Å². The summed E-state index contributed by atoms with van der Waals surface area (Å²) in [6.07, 6.45) is -0.488. The lowest BCUT2D eigenvalue weighted by atomic mass is 9.98. The number of alkyl carbamates (subject to hydrolysis) is 1. The van der Waals surface area contributed by atoms with Crippen LogP contribution in [0.2, 0.25) is 0 Å². The Morgan fingerprint density at radius 3 is 2.23 bits per heavy atom. The van der Waals surface area contributed by atoms with E-state index in [0.717, 1.165) is 22.3 Å². The number of ether oxygens (including phenoxy) is 1. The number of alkyl halides is 2. The zero-order chi connectivity index (χ0) is 25.2. The van der Waals surface area contributed by atoms with E-state index in [9.17, 15) is 23.2 Å². The average Bonchev–Trinajstić information content (AvgIpc) is 3.22. The summed E-state index contributed by atoms with van der Waals surface area (Å²) in [4.78, 5) is 35.1. The third-order valence-corrected chi connectivity index (χ3v) is 6.75. The summed E-state index contributed by atoms with van der Waals surface area (Å²) in [5, 5.41) is 13.6. The molecule has 3 unspecified atom stereocenters. The fourth-order valence-corrected chi connectivity index (χ4v) is 4.80. The summed E-state index contributed by atoms with van der Waals surface area (Å²) in [5.41, 5.74) is 4.26. The molecule has 2 aromatic rings.